The van der Waals surface area contributed by atoms with Gasteiger partial charge in [0.25, 0.3) is 0 Å². The number of likely N-dealkylation sites (tertiary alicyclic amines) is 1. The van der Waals surface area contributed by atoms with E-state index in [1.165, 1.54) is 11.9 Å². The Bertz CT molecular complexity index is 501. The number of nitrogens with one attached hydrogen (secondary N) is 1. The van der Waals surface area contributed by atoms with Crippen molar-refractivity contribution in [3.8, 4) is 5.75 Å². The second kappa shape index (κ2) is 5.40. The summed E-state index contributed by atoms with van der Waals surface area (Å²) in [6.45, 7) is 1.93. The number of nitrogens with zero attached hydrogens (tertiary/aromatic N) is 1. The van der Waals surface area contributed by atoms with Crippen LogP contribution in [0.25, 0.3) is 0 Å². The van der Waals surface area contributed by atoms with E-state index in [2.05, 4.69) is 5.32 Å². The number of benzene rings is 1. The van der Waals surface area contributed by atoms with Gasteiger partial charge >= 0.3 is 0 Å². The largest absolute Gasteiger partial charge is 0.508 e. The maximum absolute atomic E-state index is 12.0. The molecule has 0 aromatic heterocycles. The Labute approximate surface area is 112 Å². The highest BCUT2D eigenvalue weighted by Crippen LogP contribution is 2.20. The molecule has 1 saturated heterocycles. The van der Waals surface area contributed by atoms with Crippen molar-refractivity contribution in [2.75, 3.05) is 7.05 Å². The average Bonchev–Trinajstić information content (AvgIpc) is 2.39. The molecule has 0 bridgehead atoms. The summed E-state index contributed by atoms with van der Waals surface area (Å²) in [5.41, 5.74) is 0.910. The van der Waals surface area contributed by atoms with Crippen LogP contribution in [0.5, 0.6) is 5.75 Å². The van der Waals surface area contributed by atoms with E-state index >= 15 is 0 Å². The highest BCUT2D eigenvalue weighted by Gasteiger charge is 2.32. The van der Waals surface area contributed by atoms with Gasteiger partial charge in [0, 0.05) is 19.5 Å². The predicted molar refractivity (Wildman–Crippen MR) is 70.5 cm³/mol. The zero-order valence-corrected chi connectivity index (χ0v) is 11.1. The van der Waals surface area contributed by atoms with E-state index in [1.54, 1.807) is 18.2 Å². The lowest BCUT2D eigenvalue weighted by Crippen LogP contribution is -2.51. The Morgan fingerprint density at radius 1 is 1.42 bits per heavy atom. The zero-order chi connectivity index (χ0) is 14.0. The second-order valence-electron chi connectivity index (χ2n) is 4.87. The summed E-state index contributed by atoms with van der Waals surface area (Å²) < 4.78 is 0. The molecule has 5 heteroatoms. The lowest BCUT2D eigenvalue weighted by molar-refractivity contribution is -0.148. The summed E-state index contributed by atoms with van der Waals surface area (Å²) in [6.07, 6.45) is 0.901. The number of aromatic hydroxyl groups is 1. The van der Waals surface area contributed by atoms with Gasteiger partial charge in [-0.15, -0.1) is 0 Å². The van der Waals surface area contributed by atoms with E-state index < -0.39 is 0 Å². The van der Waals surface area contributed by atoms with Gasteiger partial charge in [0.2, 0.25) is 11.8 Å². The number of piperidine rings is 1. The van der Waals surface area contributed by atoms with Crippen molar-refractivity contribution in [3.05, 3.63) is 29.8 Å². The molecule has 1 aliphatic rings. The molecule has 0 spiro atoms. The summed E-state index contributed by atoms with van der Waals surface area (Å²) in [5.74, 6) is -0.121. The summed E-state index contributed by atoms with van der Waals surface area (Å²) in [5, 5.41) is 12.7. The van der Waals surface area contributed by atoms with Crippen LogP contribution < -0.4 is 5.32 Å². The first-order valence-corrected chi connectivity index (χ1v) is 6.34. The fourth-order valence-corrected chi connectivity index (χ4v) is 2.26. The van der Waals surface area contributed by atoms with Gasteiger partial charge in [0.1, 0.15) is 5.75 Å². The van der Waals surface area contributed by atoms with Gasteiger partial charge in [-0.05, 0) is 31.0 Å². The molecule has 1 aromatic rings. The Morgan fingerprint density at radius 2 is 2.16 bits per heavy atom. The van der Waals surface area contributed by atoms with E-state index in [4.69, 9.17) is 0 Å². The minimum absolute atomic E-state index is 0.0670. The van der Waals surface area contributed by atoms with Crippen molar-refractivity contribution in [1.29, 1.82) is 0 Å². The van der Waals surface area contributed by atoms with Crippen molar-refractivity contribution in [1.82, 2.24) is 10.2 Å². The molecule has 0 radical (unpaired) electrons. The van der Waals surface area contributed by atoms with E-state index in [1.807, 2.05) is 13.0 Å². The van der Waals surface area contributed by atoms with Crippen molar-refractivity contribution in [2.24, 2.45) is 0 Å². The van der Waals surface area contributed by atoms with E-state index in [-0.39, 0.29) is 29.6 Å². The Balaban J connectivity index is 2.05. The standard InChI is InChI=1S/C14H18N2O3/c1-9(10-4-3-5-11(17)8-10)15-12-6-7-13(18)16(2)14(12)19/h3-5,8-9,12,15,17H,6-7H2,1-2H3. The lowest BCUT2D eigenvalue weighted by Gasteiger charge is -2.30. The topological polar surface area (TPSA) is 69.6 Å². The van der Waals surface area contributed by atoms with E-state index in [0.29, 0.717) is 12.8 Å². The zero-order valence-electron chi connectivity index (χ0n) is 11.1. The molecule has 1 aliphatic heterocycles. The van der Waals surface area contributed by atoms with Gasteiger partial charge in [-0.2, -0.15) is 0 Å². The first-order valence-electron chi connectivity index (χ1n) is 6.34. The van der Waals surface area contributed by atoms with E-state index in [0.717, 1.165) is 5.56 Å². The second-order valence-corrected chi connectivity index (χ2v) is 4.87. The van der Waals surface area contributed by atoms with Gasteiger partial charge in [-0.1, -0.05) is 12.1 Å². The molecule has 19 heavy (non-hydrogen) atoms. The maximum Gasteiger partial charge on any atom is 0.246 e. The average molecular weight is 262 g/mol. The number of amides is 2. The van der Waals surface area contributed by atoms with Crippen LogP contribution in [0.3, 0.4) is 0 Å². The third-order valence-electron chi connectivity index (χ3n) is 3.47. The Hall–Kier alpha value is -1.88. The Morgan fingerprint density at radius 3 is 2.84 bits per heavy atom. The third-order valence-corrected chi connectivity index (χ3v) is 3.47. The lowest BCUT2D eigenvalue weighted by atomic mass is 10.0. The number of carbonyl (C=O) groups excluding carboxylic acids is 2. The number of phenolic OH excluding ortho intramolecular Hbond substituents is 1. The van der Waals surface area contributed by atoms with Gasteiger partial charge in [0.15, 0.2) is 0 Å². The smallest absolute Gasteiger partial charge is 0.246 e. The fourth-order valence-electron chi connectivity index (χ4n) is 2.26. The minimum Gasteiger partial charge on any atom is -0.508 e. The van der Waals surface area contributed by atoms with Crippen LogP contribution in [0, 0.1) is 0 Å². The SMILES string of the molecule is CC(NC1CCC(=O)N(C)C1=O)c1cccc(O)c1. The predicted octanol–water partition coefficient (Wildman–Crippen LogP) is 1.19. The molecule has 2 atom stereocenters. The van der Waals surface area contributed by atoms with Crippen LogP contribution in [-0.4, -0.2) is 34.9 Å². The van der Waals surface area contributed by atoms with Crippen LogP contribution in [0.1, 0.15) is 31.4 Å². The van der Waals surface area contributed by atoms with Crippen molar-refractivity contribution in [3.63, 3.8) is 0 Å². The molecule has 1 fully saturated rings. The number of carbonyl (C=O) groups is 2. The van der Waals surface area contributed by atoms with Crippen LogP contribution >= 0.6 is 0 Å². The third kappa shape index (κ3) is 2.93. The van der Waals surface area contributed by atoms with E-state index in [9.17, 15) is 14.7 Å². The molecule has 2 N–H and O–H groups in total. The summed E-state index contributed by atoms with van der Waals surface area (Å²) in [4.78, 5) is 24.5. The van der Waals surface area contributed by atoms with Crippen LogP contribution in [0.2, 0.25) is 0 Å². The number of hydrogen-bond donors (Lipinski definition) is 2. The summed E-state index contributed by atoms with van der Waals surface area (Å²) in [6, 6.07) is 6.51. The molecule has 2 unspecified atom stereocenters. The highest BCUT2D eigenvalue weighted by molar-refractivity contribution is 6.00. The highest BCUT2D eigenvalue weighted by atomic mass is 16.3. The van der Waals surface area contributed by atoms with Crippen molar-refractivity contribution < 1.29 is 14.7 Å². The number of hydrogen-bond acceptors (Lipinski definition) is 4. The van der Waals surface area contributed by atoms with Gasteiger partial charge in [-0.3, -0.25) is 19.8 Å². The summed E-state index contributed by atoms with van der Waals surface area (Å²) >= 11 is 0. The van der Waals surface area contributed by atoms with Crippen LogP contribution in [0.15, 0.2) is 24.3 Å². The van der Waals surface area contributed by atoms with Crippen LogP contribution in [0.4, 0.5) is 0 Å². The van der Waals surface area contributed by atoms with Crippen LogP contribution in [-0.2, 0) is 9.59 Å². The molecule has 0 aliphatic carbocycles. The van der Waals surface area contributed by atoms with Crippen molar-refractivity contribution in [2.45, 2.75) is 31.8 Å². The first kappa shape index (κ1) is 13.5. The quantitative estimate of drug-likeness (QED) is 0.803. The fraction of sp³-hybridized carbons (Fsp3) is 0.429. The monoisotopic (exact) mass is 262 g/mol. The van der Waals surface area contributed by atoms with Crippen molar-refractivity contribution >= 4 is 11.8 Å². The summed E-state index contributed by atoms with van der Waals surface area (Å²) in [7, 11) is 1.51. The van der Waals surface area contributed by atoms with Gasteiger partial charge in [0.05, 0.1) is 6.04 Å². The molecule has 2 amide bonds. The number of likely N-dealkylation sites (N-methyl/N-ethyl adjacent to an activating group) is 1. The normalized spacial score (nSPS) is 21.6. The Kier molecular flexibility index (Phi) is 3.85. The molecule has 2 rings (SSSR count). The maximum atomic E-state index is 12.0. The van der Waals surface area contributed by atoms with Gasteiger partial charge < -0.3 is 5.11 Å². The number of imide groups is 1. The van der Waals surface area contributed by atoms with Gasteiger partial charge in [-0.25, -0.2) is 0 Å². The molecular formula is C14H18N2O3. The molecule has 5 nitrogen and oxygen atoms in total. The molecule has 0 saturated carbocycles. The minimum atomic E-state index is -0.347. The molecule has 102 valence electrons. The number of rotatable bonds is 3. The first-order chi connectivity index (χ1) is 8.99. The number of phenols is 1. The molecule has 1 heterocycles. The molecule has 1 aromatic carbocycles. The molecular weight excluding hydrogens is 244 g/mol.